The Morgan fingerprint density at radius 2 is 1.81 bits per heavy atom. The predicted octanol–water partition coefficient (Wildman–Crippen LogP) is 1.18. The van der Waals surface area contributed by atoms with Gasteiger partial charge >= 0.3 is 21.5 Å². The molecule has 1 aliphatic heterocycles. The number of carbonyl (C=O) groups is 3. The molecule has 31 heavy (non-hydrogen) atoms. The zero-order chi connectivity index (χ0) is 23.4. The number of amides is 3. The second kappa shape index (κ2) is 9.00. The molecule has 1 atom stereocenters. The number of oxime groups is 1. The van der Waals surface area contributed by atoms with Crippen LogP contribution < -0.4 is 0 Å². The van der Waals surface area contributed by atoms with Gasteiger partial charge in [0.25, 0.3) is 0 Å². The minimum Gasteiger partial charge on any atom is -0.508 e. The molecule has 0 aliphatic carbocycles. The number of benzene rings is 1. The highest BCUT2D eigenvalue weighted by Gasteiger charge is 2.56. The highest BCUT2D eigenvalue weighted by atomic mass is 32.2. The van der Waals surface area contributed by atoms with Crippen LogP contribution in [0.4, 0.5) is 18.0 Å². The quantitative estimate of drug-likeness (QED) is 0.355. The molecule has 1 heterocycles. The van der Waals surface area contributed by atoms with E-state index in [9.17, 15) is 36.0 Å². The van der Waals surface area contributed by atoms with Crippen molar-refractivity contribution in [3.63, 3.8) is 0 Å². The summed E-state index contributed by atoms with van der Waals surface area (Å²) in [6.45, 7) is -1.84. The van der Waals surface area contributed by atoms with Crippen molar-refractivity contribution in [2.75, 3.05) is 6.61 Å². The predicted molar refractivity (Wildman–Crippen MR) is 92.5 cm³/mol. The van der Waals surface area contributed by atoms with Crippen LogP contribution in [0.1, 0.15) is 18.4 Å². The Morgan fingerprint density at radius 1 is 1.26 bits per heavy atom. The minimum absolute atomic E-state index is 0.0169. The van der Waals surface area contributed by atoms with E-state index in [-0.39, 0.29) is 29.1 Å². The van der Waals surface area contributed by atoms with Crippen LogP contribution in [0.15, 0.2) is 29.4 Å². The minimum atomic E-state index is -6.10. The summed E-state index contributed by atoms with van der Waals surface area (Å²) in [7, 11) is -6.10. The number of phenolic OH excluding ortho intramolecular Hbond substituents is 1. The summed E-state index contributed by atoms with van der Waals surface area (Å²) in [6, 6.07) is 5.76. The Balaban J connectivity index is 2.08. The van der Waals surface area contributed by atoms with Gasteiger partial charge in [-0.2, -0.15) is 27.4 Å². The van der Waals surface area contributed by atoms with Gasteiger partial charge in [-0.1, -0.05) is 5.16 Å². The number of imide groups is 3. The summed E-state index contributed by atoms with van der Waals surface area (Å²) in [4.78, 5) is 34.2. The molecular formula is C16H12F3N3O8S. The van der Waals surface area contributed by atoms with Gasteiger partial charge in [-0.05, 0) is 24.3 Å². The first-order chi connectivity index (χ1) is 14.4. The third-order valence-corrected chi connectivity index (χ3v) is 4.95. The lowest BCUT2D eigenvalue weighted by molar-refractivity contribution is -0.136. The van der Waals surface area contributed by atoms with Crippen LogP contribution in [-0.2, 0) is 28.7 Å². The fourth-order valence-corrected chi connectivity index (χ4v) is 2.79. The lowest BCUT2D eigenvalue weighted by Crippen LogP contribution is -2.44. The van der Waals surface area contributed by atoms with Crippen LogP contribution in [-0.4, -0.2) is 60.1 Å². The number of likely N-dealkylation sites (tertiary alicyclic amines) is 1. The van der Waals surface area contributed by atoms with Crippen molar-refractivity contribution in [2.24, 2.45) is 5.16 Å². The van der Waals surface area contributed by atoms with Gasteiger partial charge in [-0.15, -0.1) is 0 Å². The zero-order valence-electron chi connectivity index (χ0n) is 15.2. The molecule has 11 nitrogen and oxygen atoms in total. The number of ether oxygens (including phenoxy) is 1. The van der Waals surface area contributed by atoms with Crippen LogP contribution in [0.25, 0.3) is 0 Å². The average molecular weight is 463 g/mol. The maximum Gasteiger partial charge on any atom is 0.423 e. The number of carbonyl (C=O) groups excluding carboxylic acids is 3. The molecule has 0 saturated carbocycles. The Hall–Kier alpha value is -3.67. The number of phenols is 1. The summed E-state index contributed by atoms with van der Waals surface area (Å²) in [5, 5.41) is 15.6. The molecule has 0 spiro atoms. The smallest absolute Gasteiger partial charge is 0.423 e. The van der Waals surface area contributed by atoms with E-state index in [0.29, 0.717) is 0 Å². The van der Waals surface area contributed by atoms with Crippen molar-refractivity contribution in [2.45, 2.75) is 24.3 Å². The molecule has 0 aromatic heterocycles. The van der Waals surface area contributed by atoms with Gasteiger partial charge < -0.3 is 9.84 Å². The van der Waals surface area contributed by atoms with Crippen molar-refractivity contribution in [3.8, 4) is 11.8 Å². The molecule has 1 unspecified atom stereocenters. The highest BCUT2D eigenvalue weighted by molar-refractivity contribution is 7.87. The molecule has 1 aliphatic rings. The third-order valence-electron chi connectivity index (χ3n) is 3.76. The standard InChI is InChI=1S/C16H12F3N3O8S/c17-12(8-29-15(26)22-13(24)5-6-14(22)25)16(18,19)31(27,28)30-21-11(7-20)9-1-3-10(23)4-2-9/h1-4,12,23H,5-6,8H2/b21-11+. The molecule has 0 radical (unpaired) electrons. The second-order valence-corrected chi connectivity index (χ2v) is 7.46. The van der Waals surface area contributed by atoms with E-state index >= 15 is 0 Å². The molecule has 166 valence electrons. The maximum atomic E-state index is 14.0. The van der Waals surface area contributed by atoms with Crippen molar-refractivity contribution in [1.29, 1.82) is 5.26 Å². The Kier molecular flexibility index (Phi) is 6.85. The molecule has 1 aromatic carbocycles. The fourth-order valence-electron chi connectivity index (χ4n) is 2.14. The fraction of sp³-hybridized carbons (Fsp3) is 0.312. The number of aromatic hydroxyl groups is 1. The third kappa shape index (κ3) is 5.09. The van der Waals surface area contributed by atoms with Gasteiger partial charge in [-0.25, -0.2) is 9.18 Å². The van der Waals surface area contributed by atoms with Gasteiger partial charge in [0, 0.05) is 18.4 Å². The second-order valence-electron chi connectivity index (χ2n) is 5.86. The highest BCUT2D eigenvalue weighted by Crippen LogP contribution is 2.30. The van der Waals surface area contributed by atoms with Gasteiger partial charge in [-0.3, -0.25) is 13.9 Å². The van der Waals surface area contributed by atoms with Gasteiger partial charge in [0.15, 0.2) is 5.71 Å². The number of halogens is 3. The number of hydrogen-bond donors (Lipinski definition) is 1. The zero-order valence-corrected chi connectivity index (χ0v) is 16.0. The van der Waals surface area contributed by atoms with Crippen LogP contribution in [0, 0.1) is 11.3 Å². The summed E-state index contributed by atoms with van der Waals surface area (Å²) in [5.41, 5.74) is -0.892. The van der Waals surface area contributed by atoms with E-state index in [1.165, 1.54) is 6.07 Å². The molecule has 1 N–H and O–H groups in total. The summed E-state index contributed by atoms with van der Waals surface area (Å²) >= 11 is 0. The van der Waals surface area contributed by atoms with Crippen molar-refractivity contribution in [3.05, 3.63) is 29.8 Å². The Bertz CT molecular complexity index is 1050. The molecule has 2 rings (SSSR count). The number of hydrogen-bond acceptors (Lipinski definition) is 10. The monoisotopic (exact) mass is 463 g/mol. The van der Waals surface area contributed by atoms with E-state index < -0.39 is 51.8 Å². The molecule has 1 aromatic rings. The maximum absolute atomic E-state index is 14.0. The summed E-state index contributed by atoms with van der Waals surface area (Å²) < 4.78 is 73.0. The van der Waals surface area contributed by atoms with E-state index in [1.807, 2.05) is 0 Å². The first-order valence-corrected chi connectivity index (χ1v) is 9.56. The van der Waals surface area contributed by atoms with Crippen LogP contribution in [0.2, 0.25) is 0 Å². The summed E-state index contributed by atoms with van der Waals surface area (Å²) in [6.07, 6.45) is -6.05. The molecule has 1 fully saturated rings. The van der Waals surface area contributed by atoms with Crippen molar-refractivity contribution in [1.82, 2.24) is 4.90 Å². The van der Waals surface area contributed by atoms with Crippen LogP contribution in [0.5, 0.6) is 5.75 Å². The Labute approximate surface area is 172 Å². The van der Waals surface area contributed by atoms with Crippen molar-refractivity contribution < 1.29 is 50.1 Å². The van der Waals surface area contributed by atoms with E-state index in [0.717, 1.165) is 24.3 Å². The first kappa shape index (κ1) is 23.6. The first-order valence-electron chi connectivity index (χ1n) is 8.16. The lowest BCUT2D eigenvalue weighted by atomic mass is 10.1. The molecule has 15 heteroatoms. The average Bonchev–Trinajstić information content (AvgIpc) is 3.05. The number of nitriles is 1. The number of rotatable bonds is 7. The topological polar surface area (TPSA) is 163 Å². The van der Waals surface area contributed by atoms with Gasteiger partial charge in [0.05, 0.1) is 0 Å². The number of nitrogens with zero attached hydrogens (tertiary/aromatic N) is 3. The van der Waals surface area contributed by atoms with E-state index in [1.54, 1.807) is 0 Å². The largest absolute Gasteiger partial charge is 0.508 e. The lowest BCUT2D eigenvalue weighted by Gasteiger charge is -2.19. The SMILES string of the molecule is N#C/C(=N\OS(=O)(=O)C(F)(F)C(F)COC(=O)N1C(=O)CCC1=O)c1ccc(O)cc1. The van der Waals surface area contributed by atoms with Crippen LogP contribution in [0.3, 0.4) is 0 Å². The summed E-state index contributed by atoms with van der Waals surface area (Å²) in [5.74, 6) is -2.19. The molecule has 1 saturated heterocycles. The molecular weight excluding hydrogens is 451 g/mol. The van der Waals surface area contributed by atoms with E-state index in [4.69, 9.17) is 10.4 Å². The molecule has 3 amide bonds. The Morgan fingerprint density at radius 3 is 2.32 bits per heavy atom. The normalized spacial score (nSPS) is 16.1. The van der Waals surface area contributed by atoms with Gasteiger partial charge in [0.2, 0.25) is 18.0 Å². The van der Waals surface area contributed by atoms with Crippen LogP contribution >= 0.6 is 0 Å². The number of alkyl halides is 3. The van der Waals surface area contributed by atoms with E-state index in [2.05, 4.69) is 14.2 Å². The van der Waals surface area contributed by atoms with Gasteiger partial charge in [0.1, 0.15) is 18.4 Å². The molecule has 0 bridgehead atoms. The van der Waals surface area contributed by atoms with Crippen molar-refractivity contribution >= 4 is 33.7 Å².